The maximum Gasteiger partial charge on any atom is 0.303 e. The van der Waals surface area contributed by atoms with Crippen molar-refractivity contribution in [3.63, 3.8) is 0 Å². The molecule has 0 spiro atoms. The highest BCUT2D eigenvalue weighted by molar-refractivity contribution is 5.66. The normalized spacial score (nSPS) is 13.9. The molecule has 0 aromatic rings. The second kappa shape index (κ2) is 6.63. The van der Waals surface area contributed by atoms with Crippen molar-refractivity contribution >= 4 is 5.97 Å². The minimum atomic E-state index is -0.205. The number of rotatable bonds is 5. The van der Waals surface area contributed by atoms with Crippen LogP contribution in [0.25, 0.3) is 0 Å². The maximum absolute atomic E-state index is 10.8. The predicted octanol–water partition coefficient (Wildman–Crippen LogP) is 3.18. The van der Waals surface area contributed by atoms with E-state index >= 15 is 0 Å². The van der Waals surface area contributed by atoms with Crippen molar-refractivity contribution in [2.24, 2.45) is 11.8 Å². The van der Waals surface area contributed by atoms with Gasteiger partial charge in [-0.15, -0.1) is 0 Å². The van der Waals surface area contributed by atoms with Gasteiger partial charge in [0.15, 0.2) is 0 Å². The van der Waals surface area contributed by atoms with Crippen molar-refractivity contribution in [3.05, 3.63) is 12.2 Å². The number of carbonyl (C=O) groups excluding carboxylic acids is 1. The zero-order chi connectivity index (χ0) is 11.1. The molecule has 1 unspecified atom stereocenters. The van der Waals surface area contributed by atoms with Crippen LogP contribution in [0.2, 0.25) is 0 Å². The van der Waals surface area contributed by atoms with Gasteiger partial charge in [0.05, 0.1) is 0 Å². The summed E-state index contributed by atoms with van der Waals surface area (Å²) < 4.78 is 5.19. The molecule has 2 heteroatoms. The average Bonchev–Trinajstić information content (AvgIpc) is 1.97. The highest BCUT2D eigenvalue weighted by atomic mass is 16.5. The van der Waals surface area contributed by atoms with Crippen LogP contribution < -0.4 is 0 Å². The lowest BCUT2D eigenvalue weighted by Gasteiger charge is -2.15. The van der Waals surface area contributed by atoms with Gasteiger partial charge in [0.2, 0.25) is 0 Å². The van der Waals surface area contributed by atoms with Crippen LogP contribution in [0.3, 0.4) is 0 Å². The first kappa shape index (κ1) is 13.2. The van der Waals surface area contributed by atoms with Gasteiger partial charge in [-0.05, 0) is 24.3 Å². The molecule has 0 radical (unpaired) electrons. The molecule has 0 aromatic carbocycles. The van der Waals surface area contributed by atoms with Crippen molar-refractivity contribution in [3.8, 4) is 0 Å². The minimum Gasteiger partial charge on any atom is -0.458 e. The van der Waals surface area contributed by atoms with Gasteiger partial charge in [-0.25, -0.2) is 0 Å². The fraction of sp³-hybridized carbons (Fsp3) is 0.750. The maximum atomic E-state index is 10.8. The molecule has 0 saturated carbocycles. The Kier molecular flexibility index (Phi) is 6.26. The SMILES string of the molecule is CC(=O)OC(/C=C/C(C)C)CC(C)C. The van der Waals surface area contributed by atoms with Gasteiger partial charge in [-0.2, -0.15) is 0 Å². The Labute approximate surface area is 87.3 Å². The van der Waals surface area contributed by atoms with Crippen LogP contribution >= 0.6 is 0 Å². The van der Waals surface area contributed by atoms with Crippen LogP contribution in [0.15, 0.2) is 12.2 Å². The Balaban J connectivity index is 4.17. The molecule has 0 saturated heterocycles. The summed E-state index contributed by atoms with van der Waals surface area (Å²) in [5.41, 5.74) is 0. The molecule has 0 bridgehead atoms. The molecule has 0 aliphatic rings. The Morgan fingerprint density at radius 1 is 1.21 bits per heavy atom. The molecule has 0 rings (SSSR count). The zero-order valence-electron chi connectivity index (χ0n) is 9.91. The topological polar surface area (TPSA) is 26.3 Å². The van der Waals surface area contributed by atoms with Gasteiger partial charge in [0.1, 0.15) is 6.10 Å². The molecular formula is C12H22O2. The molecule has 0 amide bonds. The number of esters is 1. The van der Waals surface area contributed by atoms with Gasteiger partial charge in [-0.1, -0.05) is 33.8 Å². The van der Waals surface area contributed by atoms with Gasteiger partial charge >= 0.3 is 5.97 Å². The van der Waals surface area contributed by atoms with E-state index in [1.807, 2.05) is 6.08 Å². The third kappa shape index (κ3) is 7.84. The highest BCUT2D eigenvalue weighted by Crippen LogP contribution is 2.11. The first-order valence-electron chi connectivity index (χ1n) is 5.27. The molecule has 2 nitrogen and oxygen atoms in total. The van der Waals surface area contributed by atoms with E-state index in [4.69, 9.17) is 4.74 Å². The van der Waals surface area contributed by atoms with Gasteiger partial charge in [0, 0.05) is 6.92 Å². The van der Waals surface area contributed by atoms with E-state index in [1.165, 1.54) is 6.92 Å². The fourth-order valence-corrected chi connectivity index (χ4v) is 1.19. The van der Waals surface area contributed by atoms with Crippen molar-refractivity contribution in [1.82, 2.24) is 0 Å². The fourth-order valence-electron chi connectivity index (χ4n) is 1.19. The largest absolute Gasteiger partial charge is 0.458 e. The second-order valence-electron chi connectivity index (χ2n) is 4.41. The quantitative estimate of drug-likeness (QED) is 0.501. The molecule has 82 valence electrons. The van der Waals surface area contributed by atoms with Gasteiger partial charge in [0.25, 0.3) is 0 Å². The number of carbonyl (C=O) groups is 1. The lowest BCUT2D eigenvalue weighted by molar-refractivity contribution is -0.144. The number of ether oxygens (including phenoxy) is 1. The van der Waals surface area contributed by atoms with Crippen LogP contribution in [-0.2, 0) is 9.53 Å². The van der Waals surface area contributed by atoms with Crippen molar-refractivity contribution < 1.29 is 9.53 Å². The standard InChI is InChI=1S/C12H22O2/c1-9(2)6-7-12(8-10(3)4)14-11(5)13/h6-7,9-10,12H,8H2,1-5H3/b7-6+. The summed E-state index contributed by atoms with van der Waals surface area (Å²) in [7, 11) is 0. The van der Waals surface area contributed by atoms with E-state index in [-0.39, 0.29) is 12.1 Å². The van der Waals surface area contributed by atoms with E-state index in [9.17, 15) is 4.79 Å². The monoisotopic (exact) mass is 198 g/mol. The minimum absolute atomic E-state index is 0.0603. The van der Waals surface area contributed by atoms with Crippen molar-refractivity contribution in [2.45, 2.75) is 47.1 Å². The molecule has 0 aliphatic heterocycles. The number of hydrogen-bond donors (Lipinski definition) is 0. The molecule has 1 atom stereocenters. The first-order valence-corrected chi connectivity index (χ1v) is 5.27. The van der Waals surface area contributed by atoms with Crippen LogP contribution in [0, 0.1) is 11.8 Å². The third-order valence-electron chi connectivity index (χ3n) is 1.73. The molecule has 0 aromatic heterocycles. The summed E-state index contributed by atoms with van der Waals surface area (Å²) in [5.74, 6) is 0.834. The van der Waals surface area contributed by atoms with E-state index in [0.717, 1.165) is 6.42 Å². The Bertz CT molecular complexity index is 192. The van der Waals surface area contributed by atoms with Crippen molar-refractivity contribution in [1.29, 1.82) is 0 Å². The van der Waals surface area contributed by atoms with E-state index < -0.39 is 0 Å². The van der Waals surface area contributed by atoms with Crippen LogP contribution in [-0.4, -0.2) is 12.1 Å². The Morgan fingerprint density at radius 3 is 2.14 bits per heavy atom. The molecule has 0 N–H and O–H groups in total. The summed E-state index contributed by atoms with van der Waals surface area (Å²) >= 11 is 0. The summed E-state index contributed by atoms with van der Waals surface area (Å²) in [6, 6.07) is 0. The molecule has 14 heavy (non-hydrogen) atoms. The Hall–Kier alpha value is -0.790. The van der Waals surface area contributed by atoms with Crippen LogP contribution in [0.4, 0.5) is 0 Å². The number of hydrogen-bond acceptors (Lipinski definition) is 2. The average molecular weight is 198 g/mol. The zero-order valence-corrected chi connectivity index (χ0v) is 9.91. The summed E-state index contributed by atoms with van der Waals surface area (Å²) in [4.78, 5) is 10.8. The molecule has 0 heterocycles. The molecule has 0 aliphatic carbocycles. The molecular weight excluding hydrogens is 176 g/mol. The first-order chi connectivity index (χ1) is 6.41. The summed E-state index contributed by atoms with van der Waals surface area (Å²) in [6.07, 6.45) is 4.90. The van der Waals surface area contributed by atoms with Crippen LogP contribution in [0.1, 0.15) is 41.0 Å². The van der Waals surface area contributed by atoms with Gasteiger partial charge < -0.3 is 4.74 Å². The lowest BCUT2D eigenvalue weighted by atomic mass is 10.0. The summed E-state index contributed by atoms with van der Waals surface area (Å²) in [6.45, 7) is 9.92. The predicted molar refractivity (Wildman–Crippen MR) is 59.0 cm³/mol. The van der Waals surface area contributed by atoms with E-state index in [1.54, 1.807) is 0 Å². The summed E-state index contributed by atoms with van der Waals surface area (Å²) in [5, 5.41) is 0. The number of allylic oxidation sites excluding steroid dienone is 1. The molecule has 0 fully saturated rings. The third-order valence-corrected chi connectivity index (χ3v) is 1.73. The van der Waals surface area contributed by atoms with E-state index in [2.05, 4.69) is 33.8 Å². The van der Waals surface area contributed by atoms with Crippen LogP contribution in [0.5, 0.6) is 0 Å². The second-order valence-corrected chi connectivity index (χ2v) is 4.41. The van der Waals surface area contributed by atoms with E-state index in [0.29, 0.717) is 11.8 Å². The van der Waals surface area contributed by atoms with Crippen molar-refractivity contribution in [2.75, 3.05) is 0 Å². The Morgan fingerprint density at radius 2 is 1.79 bits per heavy atom. The van der Waals surface area contributed by atoms with Gasteiger partial charge in [-0.3, -0.25) is 4.79 Å². The highest BCUT2D eigenvalue weighted by Gasteiger charge is 2.10. The smallest absolute Gasteiger partial charge is 0.303 e. The lowest BCUT2D eigenvalue weighted by Crippen LogP contribution is -2.16.